The summed E-state index contributed by atoms with van der Waals surface area (Å²) in [5, 5.41) is 5.64. The average Bonchev–Trinajstić information content (AvgIpc) is 2.89. The summed E-state index contributed by atoms with van der Waals surface area (Å²) in [4.78, 5) is 18.7. The van der Waals surface area contributed by atoms with E-state index in [0.717, 1.165) is 37.7 Å². The van der Waals surface area contributed by atoms with Crippen molar-refractivity contribution in [2.24, 2.45) is 5.73 Å². The van der Waals surface area contributed by atoms with Crippen LogP contribution in [0.15, 0.2) is 5.38 Å². The molecular formula is C14H26Cl2N4O2S. The minimum atomic E-state index is -0.111. The number of thiazole rings is 1. The Morgan fingerprint density at radius 1 is 1.52 bits per heavy atom. The minimum Gasteiger partial charge on any atom is -0.378 e. The van der Waals surface area contributed by atoms with Gasteiger partial charge < -0.3 is 15.8 Å². The molecule has 134 valence electrons. The van der Waals surface area contributed by atoms with E-state index in [4.69, 9.17) is 10.5 Å². The number of hydrogen-bond donors (Lipinski definition) is 2. The molecule has 1 saturated heterocycles. The Kier molecular flexibility index (Phi) is 10.2. The Bertz CT molecular complexity index is 485. The summed E-state index contributed by atoms with van der Waals surface area (Å²) in [7, 11) is 0. The van der Waals surface area contributed by atoms with Gasteiger partial charge in [-0.1, -0.05) is 0 Å². The lowest BCUT2D eigenvalue weighted by molar-refractivity contribution is -0.0498. The number of amides is 1. The van der Waals surface area contributed by atoms with Crippen LogP contribution in [-0.4, -0.2) is 60.7 Å². The van der Waals surface area contributed by atoms with E-state index in [9.17, 15) is 4.79 Å². The normalized spacial score (nSPS) is 17.0. The van der Waals surface area contributed by atoms with Crippen molar-refractivity contribution in [1.82, 2.24) is 15.2 Å². The van der Waals surface area contributed by atoms with E-state index >= 15 is 0 Å². The molecule has 3 N–H and O–H groups in total. The number of nitrogens with one attached hydrogen (secondary N) is 1. The van der Waals surface area contributed by atoms with E-state index in [1.165, 1.54) is 11.3 Å². The molecule has 1 aliphatic rings. The Balaban J connectivity index is 0.00000242. The Morgan fingerprint density at radius 2 is 2.26 bits per heavy atom. The molecule has 0 radical (unpaired) electrons. The lowest BCUT2D eigenvalue weighted by Gasteiger charge is -2.42. The molecule has 1 aromatic heterocycles. The number of aromatic nitrogens is 1. The van der Waals surface area contributed by atoms with Crippen LogP contribution in [0.4, 0.5) is 0 Å². The van der Waals surface area contributed by atoms with Crippen molar-refractivity contribution in [2.45, 2.75) is 25.8 Å². The van der Waals surface area contributed by atoms with Crippen molar-refractivity contribution in [1.29, 1.82) is 0 Å². The van der Waals surface area contributed by atoms with Gasteiger partial charge in [0.25, 0.3) is 5.91 Å². The molecule has 6 nitrogen and oxygen atoms in total. The zero-order chi connectivity index (χ0) is 15.3. The van der Waals surface area contributed by atoms with Crippen LogP contribution in [-0.2, 0) is 11.2 Å². The molecule has 1 amide bonds. The summed E-state index contributed by atoms with van der Waals surface area (Å²) >= 11 is 1.48. The minimum absolute atomic E-state index is 0. The summed E-state index contributed by atoms with van der Waals surface area (Å²) in [5.41, 5.74) is 6.00. The Hall–Kier alpha value is -0.440. The molecule has 9 heteroatoms. The van der Waals surface area contributed by atoms with Crippen molar-refractivity contribution in [3.8, 4) is 0 Å². The monoisotopic (exact) mass is 384 g/mol. The van der Waals surface area contributed by atoms with Gasteiger partial charge in [0.2, 0.25) is 0 Å². The molecule has 1 aromatic rings. The molecule has 0 bridgehead atoms. The first kappa shape index (κ1) is 22.6. The largest absolute Gasteiger partial charge is 0.378 e. The van der Waals surface area contributed by atoms with Gasteiger partial charge in [-0.05, 0) is 20.4 Å². The van der Waals surface area contributed by atoms with Gasteiger partial charge in [-0.15, -0.1) is 36.2 Å². The third-order valence-corrected chi connectivity index (χ3v) is 4.54. The number of nitrogens with zero attached hydrogens (tertiary/aromatic N) is 2. The standard InChI is InChI=1S/C14H24N4O2S.2ClH/c1-14(2)10-20-8-7-18(14)6-5-16-13(19)11-9-21-12(17-11)3-4-15;;/h9H,3-8,10,15H2,1-2H3,(H,16,19);2*1H. The highest BCUT2D eigenvalue weighted by Gasteiger charge is 2.29. The van der Waals surface area contributed by atoms with Crippen LogP contribution in [0.3, 0.4) is 0 Å². The predicted octanol–water partition coefficient (Wildman–Crippen LogP) is 1.33. The van der Waals surface area contributed by atoms with Crippen molar-refractivity contribution >= 4 is 42.1 Å². The van der Waals surface area contributed by atoms with Crippen LogP contribution < -0.4 is 11.1 Å². The van der Waals surface area contributed by atoms with Crippen LogP contribution >= 0.6 is 36.2 Å². The molecule has 23 heavy (non-hydrogen) atoms. The molecule has 0 aliphatic carbocycles. The van der Waals surface area contributed by atoms with Gasteiger partial charge in [-0.2, -0.15) is 0 Å². The van der Waals surface area contributed by atoms with Crippen LogP contribution in [0.5, 0.6) is 0 Å². The number of carbonyl (C=O) groups excluding carboxylic acids is 1. The van der Waals surface area contributed by atoms with Gasteiger partial charge in [0, 0.05) is 37.0 Å². The molecule has 0 aromatic carbocycles. The van der Waals surface area contributed by atoms with Crippen LogP contribution in [0.25, 0.3) is 0 Å². The molecule has 0 saturated carbocycles. The first-order valence-electron chi connectivity index (χ1n) is 7.28. The van der Waals surface area contributed by atoms with Crippen molar-refractivity contribution in [3.63, 3.8) is 0 Å². The number of carbonyl (C=O) groups is 1. The third-order valence-electron chi connectivity index (χ3n) is 3.63. The summed E-state index contributed by atoms with van der Waals surface area (Å²) in [5.74, 6) is -0.111. The molecule has 0 spiro atoms. The summed E-state index contributed by atoms with van der Waals surface area (Å²) in [6, 6.07) is 0. The Morgan fingerprint density at radius 3 is 2.91 bits per heavy atom. The van der Waals surface area contributed by atoms with E-state index in [1.807, 2.05) is 0 Å². The lowest BCUT2D eigenvalue weighted by Crippen LogP contribution is -2.54. The zero-order valence-corrected chi connectivity index (χ0v) is 16.0. The van der Waals surface area contributed by atoms with Gasteiger partial charge in [0.05, 0.1) is 18.2 Å². The summed E-state index contributed by atoms with van der Waals surface area (Å²) < 4.78 is 5.49. The summed E-state index contributed by atoms with van der Waals surface area (Å²) in [6.45, 7) is 8.71. The van der Waals surface area contributed by atoms with Gasteiger partial charge in [0.15, 0.2) is 0 Å². The second-order valence-electron chi connectivity index (χ2n) is 5.77. The van der Waals surface area contributed by atoms with Crippen LogP contribution in [0.1, 0.15) is 29.3 Å². The second-order valence-corrected chi connectivity index (χ2v) is 6.72. The fourth-order valence-electron chi connectivity index (χ4n) is 2.35. The smallest absolute Gasteiger partial charge is 0.270 e. The fourth-order valence-corrected chi connectivity index (χ4v) is 3.15. The van der Waals surface area contributed by atoms with E-state index < -0.39 is 0 Å². The highest BCUT2D eigenvalue weighted by Crippen LogP contribution is 2.17. The van der Waals surface area contributed by atoms with Gasteiger partial charge >= 0.3 is 0 Å². The second kappa shape index (κ2) is 10.4. The maximum atomic E-state index is 12.0. The van der Waals surface area contributed by atoms with Crippen LogP contribution in [0, 0.1) is 0 Å². The quantitative estimate of drug-likeness (QED) is 0.772. The molecule has 2 rings (SSSR count). The number of nitrogens with two attached hydrogens (primary N) is 1. The average molecular weight is 385 g/mol. The molecule has 1 fully saturated rings. The van der Waals surface area contributed by atoms with Crippen molar-refractivity contribution < 1.29 is 9.53 Å². The Labute approximate surface area is 154 Å². The van der Waals surface area contributed by atoms with Crippen molar-refractivity contribution in [3.05, 3.63) is 16.1 Å². The number of ether oxygens (including phenoxy) is 1. The highest BCUT2D eigenvalue weighted by molar-refractivity contribution is 7.09. The molecular weight excluding hydrogens is 359 g/mol. The van der Waals surface area contributed by atoms with E-state index in [-0.39, 0.29) is 36.3 Å². The molecule has 2 heterocycles. The van der Waals surface area contributed by atoms with Gasteiger partial charge in [0.1, 0.15) is 5.69 Å². The van der Waals surface area contributed by atoms with Crippen molar-refractivity contribution in [2.75, 3.05) is 39.4 Å². The maximum Gasteiger partial charge on any atom is 0.270 e. The van der Waals surface area contributed by atoms with Crippen LogP contribution in [0.2, 0.25) is 0 Å². The van der Waals surface area contributed by atoms with Gasteiger partial charge in [-0.3, -0.25) is 9.69 Å². The van der Waals surface area contributed by atoms with E-state index in [0.29, 0.717) is 18.8 Å². The number of morpholine rings is 1. The molecule has 0 atom stereocenters. The van der Waals surface area contributed by atoms with E-state index in [1.54, 1.807) is 5.38 Å². The highest BCUT2D eigenvalue weighted by atomic mass is 35.5. The summed E-state index contributed by atoms with van der Waals surface area (Å²) in [6.07, 6.45) is 0.722. The number of halogens is 2. The fraction of sp³-hybridized carbons (Fsp3) is 0.714. The molecule has 1 aliphatic heterocycles. The zero-order valence-electron chi connectivity index (χ0n) is 13.5. The first-order chi connectivity index (χ1) is 10.0. The topological polar surface area (TPSA) is 80.5 Å². The molecule has 0 unspecified atom stereocenters. The number of hydrogen-bond acceptors (Lipinski definition) is 6. The third kappa shape index (κ3) is 6.52. The van der Waals surface area contributed by atoms with Gasteiger partial charge in [-0.25, -0.2) is 4.98 Å². The predicted molar refractivity (Wildman–Crippen MR) is 98.2 cm³/mol. The number of rotatable bonds is 6. The van der Waals surface area contributed by atoms with E-state index in [2.05, 4.69) is 29.0 Å². The first-order valence-corrected chi connectivity index (χ1v) is 8.16. The lowest BCUT2D eigenvalue weighted by atomic mass is 10.0. The maximum absolute atomic E-state index is 12.0. The SMILES string of the molecule is CC1(C)COCCN1CCNC(=O)c1csc(CCN)n1.Cl.Cl.